The highest BCUT2D eigenvalue weighted by Gasteiger charge is 2.26. The number of urea groups is 1. The summed E-state index contributed by atoms with van der Waals surface area (Å²) in [5.41, 5.74) is 0. The number of nitrogens with one attached hydrogen (secondary N) is 1. The Bertz CT molecular complexity index is 250. The second-order valence-corrected chi connectivity index (χ2v) is 4.68. The van der Waals surface area contributed by atoms with Crippen LogP contribution in [0.1, 0.15) is 32.6 Å². The number of amidine groups is 1. The maximum Gasteiger partial charge on any atom is 0.326 e. The van der Waals surface area contributed by atoms with Crippen LogP contribution in [0.4, 0.5) is 4.79 Å². The molecule has 1 aliphatic rings. The Morgan fingerprint density at radius 1 is 1.38 bits per heavy atom. The van der Waals surface area contributed by atoms with E-state index < -0.39 is 0 Å². The number of rotatable bonds is 5. The summed E-state index contributed by atoms with van der Waals surface area (Å²) in [4.78, 5) is 14.9. The van der Waals surface area contributed by atoms with Crippen molar-refractivity contribution in [3.8, 4) is 0 Å². The van der Waals surface area contributed by atoms with E-state index in [0.29, 0.717) is 11.0 Å². The predicted octanol–water partition coefficient (Wildman–Crippen LogP) is 2.98. The summed E-state index contributed by atoms with van der Waals surface area (Å²) >= 11 is 1.42. The van der Waals surface area contributed by atoms with Crippen molar-refractivity contribution in [1.29, 1.82) is 5.41 Å². The molecule has 0 unspecified atom stereocenters. The van der Waals surface area contributed by atoms with Crippen LogP contribution in [-0.2, 0) is 0 Å². The van der Waals surface area contributed by atoms with Crippen molar-refractivity contribution in [3.05, 3.63) is 0 Å². The fourth-order valence-corrected chi connectivity index (χ4v) is 2.27. The van der Waals surface area contributed by atoms with E-state index in [2.05, 4.69) is 6.92 Å². The molecule has 1 rings (SSSR count). The van der Waals surface area contributed by atoms with Gasteiger partial charge in [0.2, 0.25) is 0 Å². The average molecular weight is 266 g/mol. The normalized spacial score (nSPS) is 16.4. The monoisotopic (exact) mass is 265 g/mol. The number of amides is 2. The lowest BCUT2D eigenvalue weighted by Gasteiger charge is -2.32. The van der Waals surface area contributed by atoms with Crippen LogP contribution in [0.3, 0.4) is 0 Å². The first-order valence-corrected chi connectivity index (χ1v) is 6.39. The van der Waals surface area contributed by atoms with Gasteiger partial charge < -0.3 is 4.90 Å². The summed E-state index contributed by atoms with van der Waals surface area (Å²) in [6.07, 6.45) is 4.71. The lowest BCUT2D eigenvalue weighted by Crippen LogP contribution is -2.47. The zero-order chi connectivity index (χ0) is 11.3. The van der Waals surface area contributed by atoms with E-state index in [1.165, 1.54) is 35.9 Å². The first-order valence-electron chi connectivity index (χ1n) is 5.40. The van der Waals surface area contributed by atoms with Crippen molar-refractivity contribution in [1.82, 2.24) is 9.80 Å². The quantitative estimate of drug-likeness (QED) is 0.777. The summed E-state index contributed by atoms with van der Waals surface area (Å²) in [6, 6.07) is -0.0322. The molecule has 0 spiro atoms. The fourth-order valence-electron chi connectivity index (χ4n) is 1.48. The summed E-state index contributed by atoms with van der Waals surface area (Å²) in [7, 11) is 1.66. The largest absolute Gasteiger partial charge is 0.326 e. The number of halogens is 1. The van der Waals surface area contributed by atoms with Gasteiger partial charge in [-0.15, -0.1) is 12.4 Å². The maximum atomic E-state index is 11.7. The third kappa shape index (κ3) is 4.22. The van der Waals surface area contributed by atoms with Gasteiger partial charge in [-0.25, -0.2) is 4.79 Å². The summed E-state index contributed by atoms with van der Waals surface area (Å²) in [5.74, 6) is 0.633. The van der Waals surface area contributed by atoms with Gasteiger partial charge in [0.05, 0.1) is 5.88 Å². The van der Waals surface area contributed by atoms with Crippen LogP contribution in [-0.4, -0.2) is 40.5 Å². The molecule has 0 bridgehead atoms. The third-order valence-corrected chi connectivity index (χ3v) is 3.49. The van der Waals surface area contributed by atoms with Gasteiger partial charge in [-0.1, -0.05) is 37.9 Å². The number of thioether (sulfide) groups is 1. The van der Waals surface area contributed by atoms with Gasteiger partial charge in [0.25, 0.3) is 0 Å². The molecule has 6 heteroatoms. The van der Waals surface area contributed by atoms with E-state index in [0.717, 1.165) is 13.0 Å². The average Bonchev–Trinajstić information content (AvgIpc) is 2.24. The summed E-state index contributed by atoms with van der Waals surface area (Å²) < 4.78 is 0. The van der Waals surface area contributed by atoms with E-state index in [1.54, 1.807) is 7.05 Å². The van der Waals surface area contributed by atoms with E-state index in [-0.39, 0.29) is 18.4 Å². The van der Waals surface area contributed by atoms with Gasteiger partial charge in [-0.2, -0.15) is 0 Å². The molecule has 16 heavy (non-hydrogen) atoms. The molecule has 0 aliphatic carbocycles. The molecule has 1 aliphatic heterocycles. The Morgan fingerprint density at radius 3 is 2.69 bits per heavy atom. The lowest BCUT2D eigenvalue weighted by molar-refractivity contribution is 0.187. The standard InChI is InChI=1S/C10H19N3OS.ClH/c1-3-4-5-6-7-13-8-15-9(11)12(2)10(13)14;/h11H,3-8H2,1-2H3;1H. The highest BCUT2D eigenvalue weighted by Crippen LogP contribution is 2.18. The Kier molecular flexibility index (Phi) is 7.58. The third-order valence-electron chi connectivity index (χ3n) is 2.50. The molecule has 0 aromatic rings. The Morgan fingerprint density at radius 2 is 2.06 bits per heavy atom. The molecule has 0 aromatic heterocycles. The van der Waals surface area contributed by atoms with E-state index in [1.807, 2.05) is 4.90 Å². The number of carbonyl (C=O) groups is 1. The number of hydrogen-bond donors (Lipinski definition) is 1. The smallest absolute Gasteiger partial charge is 0.315 e. The van der Waals surface area contributed by atoms with E-state index >= 15 is 0 Å². The van der Waals surface area contributed by atoms with Crippen LogP contribution in [0, 0.1) is 5.41 Å². The second kappa shape index (κ2) is 7.79. The van der Waals surface area contributed by atoms with Crippen LogP contribution in [0.25, 0.3) is 0 Å². The van der Waals surface area contributed by atoms with Gasteiger partial charge >= 0.3 is 6.03 Å². The molecule has 0 aromatic carbocycles. The Balaban J connectivity index is 0.00000225. The van der Waals surface area contributed by atoms with Crippen molar-refractivity contribution < 1.29 is 4.79 Å². The molecule has 1 fully saturated rings. The highest BCUT2D eigenvalue weighted by atomic mass is 35.5. The predicted molar refractivity (Wildman–Crippen MR) is 71.4 cm³/mol. The summed E-state index contributed by atoms with van der Waals surface area (Å²) in [6.45, 7) is 3.00. The number of nitrogens with zero attached hydrogens (tertiary/aromatic N) is 2. The van der Waals surface area contributed by atoms with Crippen LogP contribution < -0.4 is 0 Å². The van der Waals surface area contributed by atoms with Crippen LogP contribution >= 0.6 is 24.2 Å². The van der Waals surface area contributed by atoms with Crippen LogP contribution in [0.2, 0.25) is 0 Å². The molecule has 94 valence electrons. The van der Waals surface area contributed by atoms with E-state index in [9.17, 15) is 4.79 Å². The first kappa shape index (κ1) is 15.6. The maximum absolute atomic E-state index is 11.7. The van der Waals surface area contributed by atoms with Crippen molar-refractivity contribution >= 4 is 35.4 Å². The zero-order valence-corrected chi connectivity index (χ0v) is 11.5. The molecule has 0 saturated carbocycles. The molecule has 2 amide bonds. The summed E-state index contributed by atoms with van der Waals surface area (Å²) in [5, 5.41) is 7.85. The van der Waals surface area contributed by atoms with Gasteiger partial charge in [0, 0.05) is 13.6 Å². The molecule has 0 radical (unpaired) electrons. The number of carbonyl (C=O) groups excluding carboxylic acids is 1. The Hall–Kier alpha value is -0.420. The van der Waals surface area contributed by atoms with E-state index in [4.69, 9.17) is 5.41 Å². The highest BCUT2D eigenvalue weighted by molar-refractivity contribution is 8.13. The van der Waals surface area contributed by atoms with Crippen molar-refractivity contribution in [3.63, 3.8) is 0 Å². The van der Waals surface area contributed by atoms with Crippen LogP contribution in [0.5, 0.6) is 0 Å². The molecule has 1 N–H and O–H groups in total. The minimum Gasteiger partial charge on any atom is -0.315 e. The molecule has 1 heterocycles. The van der Waals surface area contributed by atoms with Crippen LogP contribution in [0.15, 0.2) is 0 Å². The van der Waals surface area contributed by atoms with Gasteiger partial charge in [-0.05, 0) is 6.42 Å². The van der Waals surface area contributed by atoms with Crippen molar-refractivity contribution in [2.24, 2.45) is 0 Å². The fraction of sp³-hybridized carbons (Fsp3) is 0.800. The molecule has 1 saturated heterocycles. The van der Waals surface area contributed by atoms with Gasteiger partial charge in [0.15, 0.2) is 5.17 Å². The number of unbranched alkanes of at least 4 members (excludes halogenated alkanes) is 3. The van der Waals surface area contributed by atoms with Crippen molar-refractivity contribution in [2.75, 3.05) is 19.5 Å². The Labute approximate surface area is 108 Å². The SMILES string of the molecule is CCCCCCN1CSC(=N)N(C)C1=O.Cl. The molecular weight excluding hydrogens is 246 g/mol. The zero-order valence-electron chi connectivity index (χ0n) is 9.86. The second-order valence-electron chi connectivity index (χ2n) is 3.74. The van der Waals surface area contributed by atoms with Gasteiger partial charge in [-0.3, -0.25) is 10.3 Å². The van der Waals surface area contributed by atoms with Gasteiger partial charge in [0.1, 0.15) is 0 Å². The molecule has 4 nitrogen and oxygen atoms in total. The lowest BCUT2D eigenvalue weighted by atomic mass is 10.2. The first-order chi connectivity index (χ1) is 7.16. The molecular formula is C10H20ClN3OS. The topological polar surface area (TPSA) is 47.4 Å². The number of hydrogen-bond acceptors (Lipinski definition) is 3. The van der Waals surface area contributed by atoms with Crippen molar-refractivity contribution in [2.45, 2.75) is 32.6 Å². The minimum absolute atomic E-state index is 0. The minimum atomic E-state index is -0.0322. The molecule has 0 atom stereocenters.